The van der Waals surface area contributed by atoms with Gasteiger partial charge in [0.1, 0.15) is 5.56 Å². The first-order valence-corrected chi connectivity index (χ1v) is 7.83. The van der Waals surface area contributed by atoms with E-state index in [-0.39, 0.29) is 17.0 Å². The molecule has 0 saturated carbocycles. The molecule has 0 saturated heterocycles. The highest BCUT2D eigenvalue weighted by Gasteiger charge is 2.28. The number of nitrogens with one attached hydrogen (secondary N) is 1. The van der Waals surface area contributed by atoms with E-state index >= 15 is 0 Å². The number of nitro benzene ring substituents is 1. The average Bonchev–Trinajstić information content (AvgIpc) is 2.88. The van der Waals surface area contributed by atoms with Crippen LogP contribution in [0.5, 0.6) is 0 Å². The Kier molecular flexibility index (Phi) is 5.35. The van der Waals surface area contributed by atoms with E-state index in [1.807, 2.05) is 0 Å². The fourth-order valence-corrected chi connectivity index (χ4v) is 2.81. The zero-order chi connectivity index (χ0) is 19.6. The fourth-order valence-electron chi connectivity index (χ4n) is 2.81. The average molecular weight is 358 g/mol. The zero-order valence-corrected chi connectivity index (χ0v) is 14.8. The normalized spacial score (nSPS) is 11.7. The lowest BCUT2D eigenvalue weighted by Crippen LogP contribution is -2.25. The van der Waals surface area contributed by atoms with Crippen LogP contribution < -0.4 is 0 Å². The Morgan fingerprint density at radius 1 is 1.19 bits per heavy atom. The van der Waals surface area contributed by atoms with Gasteiger partial charge in [0.25, 0.3) is 5.69 Å². The van der Waals surface area contributed by atoms with E-state index in [1.54, 1.807) is 13.8 Å². The minimum Gasteiger partial charge on any atom is -0.450 e. The number of rotatable bonds is 6. The summed E-state index contributed by atoms with van der Waals surface area (Å²) in [6.45, 7) is 6.07. The molecule has 0 aliphatic carbocycles. The maximum Gasteiger partial charge on any atom is 0.345 e. The number of para-hydroxylation sites is 1. The Morgan fingerprint density at radius 3 is 2.35 bits per heavy atom. The molecule has 1 atom stereocenters. The van der Waals surface area contributed by atoms with Crippen molar-refractivity contribution in [3.63, 3.8) is 0 Å². The number of nitrogens with zero attached hydrogens (tertiary/aromatic N) is 1. The van der Waals surface area contributed by atoms with Crippen LogP contribution in [0.1, 0.15) is 56.3 Å². The third-order valence-electron chi connectivity index (χ3n) is 4.01. The lowest BCUT2D eigenvalue weighted by Gasteiger charge is -2.12. The second-order valence-corrected chi connectivity index (χ2v) is 5.87. The summed E-state index contributed by atoms with van der Waals surface area (Å²) >= 11 is 0. The Morgan fingerprint density at radius 2 is 1.81 bits per heavy atom. The summed E-state index contributed by atoms with van der Waals surface area (Å²) in [5.41, 5.74) is 0.995. The van der Waals surface area contributed by atoms with Crippen molar-refractivity contribution in [3.8, 4) is 0 Å². The molecule has 0 aliphatic rings. The van der Waals surface area contributed by atoms with E-state index in [2.05, 4.69) is 4.98 Å². The molecule has 1 aromatic carbocycles. The summed E-state index contributed by atoms with van der Waals surface area (Å²) in [6.07, 6.45) is -1.18. The van der Waals surface area contributed by atoms with Crippen LogP contribution in [-0.4, -0.2) is 33.5 Å². The van der Waals surface area contributed by atoms with Gasteiger partial charge in [-0.2, -0.15) is 0 Å². The van der Waals surface area contributed by atoms with Gasteiger partial charge in [-0.1, -0.05) is 12.1 Å². The maximum absolute atomic E-state index is 12.6. The van der Waals surface area contributed by atoms with Crippen molar-refractivity contribution in [1.29, 1.82) is 0 Å². The Bertz CT molecular complexity index is 912. The van der Waals surface area contributed by atoms with E-state index in [0.29, 0.717) is 16.8 Å². The number of ether oxygens (including phenoxy) is 1. The SMILES string of the molecule is CC(=O)c1c(C)[nH]c(C(=O)C(C)OC(=O)c2ccccc2[N+](=O)[O-])c1C. The molecule has 136 valence electrons. The van der Waals surface area contributed by atoms with Gasteiger partial charge in [0.2, 0.25) is 5.78 Å². The molecule has 8 nitrogen and oxygen atoms in total. The zero-order valence-electron chi connectivity index (χ0n) is 14.8. The molecule has 26 heavy (non-hydrogen) atoms. The lowest BCUT2D eigenvalue weighted by atomic mass is 10.0. The quantitative estimate of drug-likeness (QED) is 0.366. The van der Waals surface area contributed by atoms with Gasteiger partial charge >= 0.3 is 5.97 Å². The van der Waals surface area contributed by atoms with Crippen LogP contribution in [0.4, 0.5) is 5.69 Å². The van der Waals surface area contributed by atoms with Crippen molar-refractivity contribution in [3.05, 3.63) is 62.5 Å². The van der Waals surface area contributed by atoms with Crippen molar-refractivity contribution in [1.82, 2.24) is 4.98 Å². The van der Waals surface area contributed by atoms with Crippen molar-refractivity contribution in [2.75, 3.05) is 0 Å². The van der Waals surface area contributed by atoms with E-state index in [9.17, 15) is 24.5 Å². The standard InChI is InChI=1S/C18H18N2O6/c1-9-15(11(3)21)10(2)19-16(9)17(22)12(4)26-18(23)13-7-5-6-8-14(13)20(24)25/h5-8,12,19H,1-4H3. The third-order valence-corrected chi connectivity index (χ3v) is 4.01. The van der Waals surface area contributed by atoms with Gasteiger partial charge < -0.3 is 9.72 Å². The summed E-state index contributed by atoms with van der Waals surface area (Å²) in [6, 6.07) is 5.34. The molecule has 8 heteroatoms. The number of aromatic nitrogens is 1. The minimum absolute atomic E-state index is 0.176. The number of benzene rings is 1. The van der Waals surface area contributed by atoms with Crippen LogP contribution in [0, 0.1) is 24.0 Å². The van der Waals surface area contributed by atoms with Gasteiger partial charge in [0.05, 0.1) is 10.6 Å². The summed E-state index contributed by atoms with van der Waals surface area (Å²) in [5.74, 6) is -1.67. The van der Waals surface area contributed by atoms with E-state index in [1.165, 1.54) is 38.1 Å². The molecule has 1 N–H and O–H groups in total. The van der Waals surface area contributed by atoms with Crippen LogP contribution in [0.3, 0.4) is 0 Å². The van der Waals surface area contributed by atoms with Crippen LogP contribution in [0.15, 0.2) is 24.3 Å². The number of hydrogen-bond donors (Lipinski definition) is 1. The number of H-pyrrole nitrogens is 1. The topological polar surface area (TPSA) is 119 Å². The number of Topliss-reactive ketones (excluding diaryl/α,β-unsaturated/α-hetero) is 2. The lowest BCUT2D eigenvalue weighted by molar-refractivity contribution is -0.385. The molecule has 2 rings (SSSR count). The molecule has 0 fully saturated rings. The molecule has 2 aromatic rings. The van der Waals surface area contributed by atoms with Gasteiger partial charge in [-0.05, 0) is 39.3 Å². The first kappa shape index (κ1) is 19.0. The fraction of sp³-hybridized carbons (Fsp3) is 0.278. The summed E-state index contributed by atoms with van der Waals surface area (Å²) in [5, 5.41) is 11.0. The largest absolute Gasteiger partial charge is 0.450 e. The number of carbonyl (C=O) groups excluding carboxylic acids is 3. The number of aromatic amines is 1. The molecule has 0 spiro atoms. The van der Waals surface area contributed by atoms with Gasteiger partial charge in [0, 0.05) is 17.3 Å². The highest BCUT2D eigenvalue weighted by atomic mass is 16.6. The van der Waals surface area contributed by atoms with Crippen molar-refractivity contribution < 1.29 is 24.0 Å². The monoisotopic (exact) mass is 358 g/mol. The molecule has 1 unspecified atom stereocenters. The number of hydrogen-bond acceptors (Lipinski definition) is 6. The van der Waals surface area contributed by atoms with Crippen LogP contribution in [-0.2, 0) is 4.74 Å². The molecular weight excluding hydrogens is 340 g/mol. The molecule has 1 heterocycles. The second-order valence-electron chi connectivity index (χ2n) is 5.87. The predicted octanol–water partition coefficient (Wildman–Crippen LogP) is 3.17. The molecular formula is C18H18N2O6. The minimum atomic E-state index is -1.18. The highest BCUT2D eigenvalue weighted by Crippen LogP contribution is 2.22. The van der Waals surface area contributed by atoms with Crippen LogP contribution >= 0.6 is 0 Å². The molecule has 0 aliphatic heterocycles. The third kappa shape index (κ3) is 3.53. The van der Waals surface area contributed by atoms with Gasteiger partial charge in [-0.25, -0.2) is 4.79 Å². The van der Waals surface area contributed by atoms with E-state index < -0.39 is 28.5 Å². The number of carbonyl (C=O) groups is 3. The summed E-state index contributed by atoms with van der Waals surface area (Å²) in [7, 11) is 0. The first-order valence-electron chi connectivity index (χ1n) is 7.83. The highest BCUT2D eigenvalue weighted by molar-refractivity contribution is 6.06. The number of esters is 1. The van der Waals surface area contributed by atoms with Crippen molar-refractivity contribution >= 4 is 23.2 Å². The van der Waals surface area contributed by atoms with Crippen molar-refractivity contribution in [2.24, 2.45) is 0 Å². The smallest absolute Gasteiger partial charge is 0.345 e. The van der Waals surface area contributed by atoms with Gasteiger partial charge in [0.15, 0.2) is 11.9 Å². The summed E-state index contributed by atoms with van der Waals surface area (Å²) in [4.78, 5) is 49.7. The van der Waals surface area contributed by atoms with Gasteiger partial charge in [-0.15, -0.1) is 0 Å². The predicted molar refractivity (Wildman–Crippen MR) is 92.6 cm³/mol. The molecule has 1 aromatic heterocycles. The van der Waals surface area contributed by atoms with Crippen LogP contribution in [0.25, 0.3) is 0 Å². The second kappa shape index (κ2) is 7.30. The Balaban J connectivity index is 2.26. The number of aryl methyl sites for hydroxylation is 1. The molecule has 0 bridgehead atoms. The van der Waals surface area contributed by atoms with Gasteiger partial charge in [-0.3, -0.25) is 19.7 Å². The Hall–Kier alpha value is -3.29. The van der Waals surface area contributed by atoms with Crippen LogP contribution in [0.2, 0.25) is 0 Å². The summed E-state index contributed by atoms with van der Waals surface area (Å²) < 4.78 is 5.11. The Labute approximate surface area is 149 Å². The number of nitro groups is 1. The van der Waals surface area contributed by atoms with Crippen molar-refractivity contribution in [2.45, 2.75) is 33.8 Å². The van der Waals surface area contributed by atoms with E-state index in [0.717, 1.165) is 0 Å². The molecule has 0 radical (unpaired) electrons. The van der Waals surface area contributed by atoms with E-state index in [4.69, 9.17) is 4.74 Å². The first-order chi connectivity index (χ1) is 12.1. The number of ketones is 2. The maximum atomic E-state index is 12.6. The molecule has 0 amide bonds.